The standard InChI is InChI=1S/C19H21F3N6S/c20-19(21,22)9-15-8-16-17(24-12-25-18(16)29-15)28-6-1-2-14(4-7-28)23-10-13-3-5-26-27-11-13/h3,5,8,11-12,14,23H,1-2,4,6-7,9-10H2/t14-/m1/s1. The Labute approximate surface area is 170 Å². The molecule has 0 unspecified atom stereocenters. The van der Waals surface area contributed by atoms with E-state index in [2.05, 4.69) is 30.4 Å². The van der Waals surface area contributed by atoms with Crippen molar-refractivity contribution in [3.05, 3.63) is 41.3 Å². The molecule has 0 amide bonds. The van der Waals surface area contributed by atoms with Crippen LogP contribution >= 0.6 is 11.3 Å². The van der Waals surface area contributed by atoms with Crippen molar-refractivity contribution in [3.8, 4) is 0 Å². The summed E-state index contributed by atoms with van der Waals surface area (Å²) < 4.78 is 38.3. The van der Waals surface area contributed by atoms with Crippen LogP contribution < -0.4 is 10.2 Å². The van der Waals surface area contributed by atoms with E-state index in [1.165, 1.54) is 6.33 Å². The number of rotatable bonds is 5. The Bertz CT molecular complexity index is 946. The van der Waals surface area contributed by atoms with Gasteiger partial charge in [-0.25, -0.2) is 9.97 Å². The number of hydrogen-bond donors (Lipinski definition) is 1. The minimum Gasteiger partial charge on any atom is -0.356 e. The van der Waals surface area contributed by atoms with E-state index in [1.807, 2.05) is 6.07 Å². The van der Waals surface area contributed by atoms with E-state index in [0.29, 0.717) is 16.3 Å². The quantitative estimate of drug-likeness (QED) is 0.676. The van der Waals surface area contributed by atoms with Crippen LogP contribution in [0.5, 0.6) is 0 Å². The Balaban J connectivity index is 1.44. The predicted octanol–water partition coefficient (Wildman–Crippen LogP) is 3.73. The zero-order valence-corrected chi connectivity index (χ0v) is 16.5. The van der Waals surface area contributed by atoms with Gasteiger partial charge in [0.2, 0.25) is 0 Å². The van der Waals surface area contributed by atoms with Gasteiger partial charge in [0.1, 0.15) is 17.0 Å². The molecule has 154 valence electrons. The van der Waals surface area contributed by atoms with Crippen molar-refractivity contribution in [3.63, 3.8) is 0 Å². The molecule has 4 heterocycles. The molecule has 1 fully saturated rings. The highest BCUT2D eigenvalue weighted by molar-refractivity contribution is 7.18. The largest absolute Gasteiger partial charge is 0.393 e. The minimum atomic E-state index is -4.22. The Kier molecular flexibility index (Phi) is 5.91. The summed E-state index contributed by atoms with van der Waals surface area (Å²) in [5.41, 5.74) is 1.09. The van der Waals surface area contributed by atoms with Gasteiger partial charge in [0.05, 0.1) is 18.0 Å². The number of alkyl halides is 3. The van der Waals surface area contributed by atoms with Gasteiger partial charge in [-0.05, 0) is 37.0 Å². The molecule has 0 aliphatic carbocycles. The second-order valence-electron chi connectivity index (χ2n) is 7.17. The lowest BCUT2D eigenvalue weighted by atomic mass is 10.1. The van der Waals surface area contributed by atoms with Crippen LogP contribution in [0.2, 0.25) is 0 Å². The fourth-order valence-electron chi connectivity index (χ4n) is 3.63. The van der Waals surface area contributed by atoms with Crippen molar-refractivity contribution in [2.24, 2.45) is 0 Å². The van der Waals surface area contributed by atoms with E-state index >= 15 is 0 Å². The normalized spacial score (nSPS) is 18.2. The number of anilines is 1. The molecule has 0 spiro atoms. The molecule has 6 nitrogen and oxygen atoms in total. The first-order chi connectivity index (χ1) is 14.0. The zero-order chi connectivity index (χ0) is 20.3. The van der Waals surface area contributed by atoms with Crippen LogP contribution in [0.25, 0.3) is 10.2 Å². The molecule has 4 rings (SSSR count). The molecule has 29 heavy (non-hydrogen) atoms. The summed E-state index contributed by atoms with van der Waals surface area (Å²) in [6.07, 6.45) is 2.68. The van der Waals surface area contributed by atoms with E-state index < -0.39 is 12.6 Å². The minimum absolute atomic E-state index is 0.273. The molecule has 1 atom stereocenters. The van der Waals surface area contributed by atoms with Gasteiger partial charge < -0.3 is 10.2 Å². The van der Waals surface area contributed by atoms with Gasteiger partial charge in [0, 0.05) is 36.8 Å². The van der Waals surface area contributed by atoms with Crippen molar-refractivity contribution >= 4 is 27.4 Å². The highest BCUT2D eigenvalue weighted by Gasteiger charge is 2.29. The second-order valence-corrected chi connectivity index (χ2v) is 8.28. The van der Waals surface area contributed by atoms with E-state index in [0.717, 1.165) is 61.6 Å². The summed E-state index contributed by atoms with van der Waals surface area (Å²) in [5.74, 6) is 0.735. The summed E-state index contributed by atoms with van der Waals surface area (Å²) in [5, 5.41) is 12.0. The summed E-state index contributed by atoms with van der Waals surface area (Å²) >= 11 is 1.09. The Morgan fingerprint density at radius 2 is 2.07 bits per heavy atom. The highest BCUT2D eigenvalue weighted by Crippen LogP contribution is 2.34. The fraction of sp³-hybridized carbons (Fsp3) is 0.474. The first-order valence-corrected chi connectivity index (χ1v) is 10.3. The lowest BCUT2D eigenvalue weighted by Gasteiger charge is -2.22. The number of nitrogens with zero attached hydrogens (tertiary/aromatic N) is 5. The SMILES string of the molecule is FC(F)(F)Cc1cc2c(N3CCC[C@@H](NCc4ccnnc4)CC3)ncnc2s1. The van der Waals surface area contributed by atoms with Gasteiger partial charge in [0.25, 0.3) is 0 Å². The molecule has 3 aromatic heterocycles. The van der Waals surface area contributed by atoms with Gasteiger partial charge in [-0.15, -0.1) is 11.3 Å². The topological polar surface area (TPSA) is 66.8 Å². The third-order valence-electron chi connectivity index (χ3n) is 5.00. The summed E-state index contributed by atoms with van der Waals surface area (Å²) in [6.45, 7) is 2.36. The Hall–Kier alpha value is -2.33. The monoisotopic (exact) mass is 422 g/mol. The van der Waals surface area contributed by atoms with Gasteiger partial charge in [0.15, 0.2) is 0 Å². The molecular formula is C19H21F3N6S. The zero-order valence-electron chi connectivity index (χ0n) is 15.7. The third kappa shape index (κ3) is 5.18. The Morgan fingerprint density at radius 1 is 1.17 bits per heavy atom. The van der Waals surface area contributed by atoms with Gasteiger partial charge >= 0.3 is 6.18 Å². The molecule has 1 N–H and O–H groups in total. The van der Waals surface area contributed by atoms with Crippen molar-refractivity contribution in [2.45, 2.75) is 44.4 Å². The van der Waals surface area contributed by atoms with E-state index in [9.17, 15) is 13.2 Å². The average Bonchev–Trinajstić information content (AvgIpc) is 2.94. The molecule has 3 aromatic rings. The number of aromatic nitrogens is 4. The lowest BCUT2D eigenvalue weighted by molar-refractivity contribution is -0.126. The number of hydrogen-bond acceptors (Lipinski definition) is 7. The van der Waals surface area contributed by atoms with Gasteiger partial charge in [-0.3, -0.25) is 0 Å². The molecule has 0 aromatic carbocycles. The molecule has 1 saturated heterocycles. The molecule has 0 bridgehead atoms. The molecule has 1 aliphatic heterocycles. The number of halogens is 3. The second kappa shape index (κ2) is 8.58. The van der Waals surface area contributed by atoms with Crippen LogP contribution in [0.1, 0.15) is 29.7 Å². The van der Waals surface area contributed by atoms with Crippen LogP contribution in [0.15, 0.2) is 30.9 Å². The molecule has 1 aliphatic rings. The van der Waals surface area contributed by atoms with Crippen LogP contribution in [-0.2, 0) is 13.0 Å². The van der Waals surface area contributed by atoms with Crippen molar-refractivity contribution in [1.29, 1.82) is 0 Å². The number of thiophene rings is 1. The summed E-state index contributed by atoms with van der Waals surface area (Å²) in [6, 6.07) is 3.91. The van der Waals surface area contributed by atoms with Gasteiger partial charge in [-0.1, -0.05) is 0 Å². The van der Waals surface area contributed by atoms with E-state index in [1.54, 1.807) is 18.5 Å². The first-order valence-electron chi connectivity index (χ1n) is 9.52. The molecule has 10 heteroatoms. The molecular weight excluding hydrogens is 401 g/mol. The number of nitrogens with one attached hydrogen (secondary N) is 1. The van der Waals surface area contributed by atoms with Crippen molar-refractivity contribution in [2.75, 3.05) is 18.0 Å². The van der Waals surface area contributed by atoms with Crippen molar-refractivity contribution in [1.82, 2.24) is 25.5 Å². The van der Waals surface area contributed by atoms with Crippen LogP contribution in [-0.4, -0.2) is 45.5 Å². The Morgan fingerprint density at radius 3 is 2.86 bits per heavy atom. The average molecular weight is 422 g/mol. The molecule has 0 saturated carbocycles. The van der Waals surface area contributed by atoms with Crippen LogP contribution in [0, 0.1) is 0 Å². The maximum atomic E-state index is 12.8. The molecule has 0 radical (unpaired) electrons. The maximum absolute atomic E-state index is 12.8. The number of fused-ring (bicyclic) bond motifs is 1. The van der Waals surface area contributed by atoms with Crippen LogP contribution in [0.4, 0.5) is 19.0 Å². The van der Waals surface area contributed by atoms with Gasteiger partial charge in [-0.2, -0.15) is 23.4 Å². The third-order valence-corrected chi connectivity index (χ3v) is 6.05. The summed E-state index contributed by atoms with van der Waals surface area (Å²) in [4.78, 5) is 11.6. The van der Waals surface area contributed by atoms with E-state index in [4.69, 9.17) is 0 Å². The lowest BCUT2D eigenvalue weighted by Crippen LogP contribution is -2.31. The predicted molar refractivity (Wildman–Crippen MR) is 106 cm³/mol. The fourth-order valence-corrected chi connectivity index (χ4v) is 4.65. The van der Waals surface area contributed by atoms with Crippen LogP contribution in [0.3, 0.4) is 0 Å². The summed E-state index contributed by atoms with van der Waals surface area (Å²) in [7, 11) is 0. The van der Waals surface area contributed by atoms with E-state index in [-0.39, 0.29) is 4.88 Å². The maximum Gasteiger partial charge on any atom is 0.393 e. The first kappa shape index (κ1) is 20.0. The van der Waals surface area contributed by atoms with Crippen molar-refractivity contribution < 1.29 is 13.2 Å². The smallest absolute Gasteiger partial charge is 0.356 e. The highest BCUT2D eigenvalue weighted by atomic mass is 32.1.